The first-order valence-electron chi connectivity index (χ1n) is 3.21. The van der Waals surface area contributed by atoms with Crippen molar-refractivity contribution in [3.63, 3.8) is 0 Å². The number of nitrogens with zero attached hydrogens (tertiary/aromatic N) is 2. The third kappa shape index (κ3) is 2.93. The van der Waals surface area contributed by atoms with E-state index in [1.54, 1.807) is 0 Å². The maximum atomic E-state index is 10.1. The molecule has 1 rings (SSSR count). The zero-order valence-corrected chi connectivity index (χ0v) is 6.58. The van der Waals surface area contributed by atoms with Crippen LogP contribution in [0, 0.1) is 0 Å². The maximum absolute atomic E-state index is 10.1. The minimum atomic E-state index is -1.56. The highest BCUT2D eigenvalue weighted by Crippen LogP contribution is 2.12. The minimum absolute atomic E-state index is 0.316. The lowest BCUT2D eigenvalue weighted by Gasteiger charge is -1.99. The van der Waals surface area contributed by atoms with Crippen LogP contribution >= 0.6 is 0 Å². The summed E-state index contributed by atoms with van der Waals surface area (Å²) in [5.74, 6) is -0.632. The van der Waals surface area contributed by atoms with Crippen LogP contribution in [0.25, 0.3) is 0 Å². The number of aromatic nitrogens is 2. The van der Waals surface area contributed by atoms with Crippen molar-refractivity contribution in [1.82, 2.24) is 9.97 Å². The summed E-state index contributed by atoms with van der Waals surface area (Å²) in [4.78, 5) is 26.9. The second kappa shape index (κ2) is 4.03. The number of hydrogen-bond donors (Lipinski definition) is 2. The summed E-state index contributed by atoms with van der Waals surface area (Å²) in [6, 6.07) is 0.933. The monoisotopic (exact) mass is 200 g/mol. The normalized spacial score (nSPS) is 9.14. The first-order chi connectivity index (χ1) is 6.58. The van der Waals surface area contributed by atoms with Gasteiger partial charge in [-0.3, -0.25) is 0 Å². The predicted octanol–water partition coefficient (Wildman–Crippen LogP) is 0.590. The molecule has 8 heteroatoms. The average molecular weight is 200 g/mol. The third-order valence-electron chi connectivity index (χ3n) is 1.00. The Hall–Kier alpha value is -2.38. The van der Waals surface area contributed by atoms with Gasteiger partial charge in [0.2, 0.25) is 11.8 Å². The van der Waals surface area contributed by atoms with Gasteiger partial charge in [-0.1, -0.05) is 0 Å². The summed E-state index contributed by atoms with van der Waals surface area (Å²) in [7, 11) is 0. The molecule has 1 heterocycles. The van der Waals surface area contributed by atoms with E-state index in [1.807, 2.05) is 0 Å². The highest BCUT2D eigenvalue weighted by molar-refractivity contribution is 5.62. The molecule has 14 heavy (non-hydrogen) atoms. The molecular formula is C6H4N2O6. The summed E-state index contributed by atoms with van der Waals surface area (Å²) in [5.41, 5.74) is 0. The highest BCUT2D eigenvalue weighted by atomic mass is 16.7. The second-order valence-corrected chi connectivity index (χ2v) is 1.93. The summed E-state index contributed by atoms with van der Waals surface area (Å²) >= 11 is 0. The standard InChI is InChI=1S/C6H4N2O6/c9-5(10)13-3-1-4(8-2-7-3)14-6(11)12/h1-2H,(H,9,10)(H,11,12). The molecule has 0 saturated carbocycles. The molecule has 8 nitrogen and oxygen atoms in total. The van der Waals surface area contributed by atoms with E-state index < -0.39 is 12.3 Å². The van der Waals surface area contributed by atoms with Gasteiger partial charge in [-0.15, -0.1) is 0 Å². The predicted molar refractivity (Wildman–Crippen MR) is 39.3 cm³/mol. The Kier molecular flexibility index (Phi) is 2.79. The Bertz CT molecular complexity index is 334. The summed E-state index contributed by atoms with van der Waals surface area (Å²) in [6.45, 7) is 0. The fraction of sp³-hybridized carbons (Fsp3) is 0. The number of ether oxygens (including phenoxy) is 2. The van der Waals surface area contributed by atoms with Crippen LogP contribution in [0.15, 0.2) is 12.4 Å². The van der Waals surface area contributed by atoms with Gasteiger partial charge in [-0.2, -0.15) is 0 Å². The fourth-order valence-electron chi connectivity index (χ4n) is 0.613. The quantitative estimate of drug-likeness (QED) is 0.665. The van der Waals surface area contributed by atoms with E-state index >= 15 is 0 Å². The fourth-order valence-corrected chi connectivity index (χ4v) is 0.613. The number of rotatable bonds is 2. The van der Waals surface area contributed by atoms with E-state index in [0.717, 1.165) is 12.4 Å². The Labute approximate surface area is 76.7 Å². The molecule has 0 aliphatic rings. The topological polar surface area (TPSA) is 119 Å². The van der Waals surface area contributed by atoms with Gasteiger partial charge < -0.3 is 19.7 Å². The molecule has 1 aromatic rings. The van der Waals surface area contributed by atoms with Crippen molar-refractivity contribution in [2.24, 2.45) is 0 Å². The maximum Gasteiger partial charge on any atom is 0.512 e. The molecule has 2 N–H and O–H groups in total. The third-order valence-corrected chi connectivity index (χ3v) is 1.00. The molecule has 0 amide bonds. The van der Waals surface area contributed by atoms with Gasteiger partial charge in [-0.25, -0.2) is 19.6 Å². The average Bonchev–Trinajstić information content (AvgIpc) is 2.01. The lowest BCUT2D eigenvalue weighted by molar-refractivity contribution is 0.140. The van der Waals surface area contributed by atoms with Crippen molar-refractivity contribution in [3.05, 3.63) is 12.4 Å². The SMILES string of the molecule is O=C(O)Oc1cc(OC(=O)O)ncn1. The Morgan fingerprint density at radius 3 is 1.86 bits per heavy atom. The van der Waals surface area contributed by atoms with Gasteiger partial charge in [0.1, 0.15) is 6.33 Å². The molecule has 0 atom stereocenters. The summed E-state index contributed by atoms with van der Waals surface area (Å²) < 4.78 is 8.26. The van der Waals surface area contributed by atoms with E-state index in [0.29, 0.717) is 0 Å². The smallest absolute Gasteiger partial charge is 0.449 e. The number of carboxylic acid groups (broad SMARTS) is 2. The Morgan fingerprint density at radius 2 is 1.50 bits per heavy atom. The largest absolute Gasteiger partial charge is 0.512 e. The van der Waals surface area contributed by atoms with Gasteiger partial charge in [-0.05, 0) is 0 Å². The van der Waals surface area contributed by atoms with Gasteiger partial charge in [0, 0.05) is 0 Å². The van der Waals surface area contributed by atoms with Crippen LogP contribution in [-0.2, 0) is 0 Å². The van der Waals surface area contributed by atoms with Crippen molar-refractivity contribution in [2.75, 3.05) is 0 Å². The minimum Gasteiger partial charge on any atom is -0.449 e. The first-order valence-corrected chi connectivity index (χ1v) is 3.21. The number of hydrogen-bond acceptors (Lipinski definition) is 6. The van der Waals surface area contributed by atoms with Crippen molar-refractivity contribution in [2.45, 2.75) is 0 Å². The molecule has 0 aliphatic heterocycles. The van der Waals surface area contributed by atoms with Crippen LogP contribution in [0.2, 0.25) is 0 Å². The van der Waals surface area contributed by atoms with E-state index in [2.05, 4.69) is 19.4 Å². The van der Waals surface area contributed by atoms with Gasteiger partial charge in [0.05, 0.1) is 6.07 Å². The molecule has 0 spiro atoms. The zero-order valence-electron chi connectivity index (χ0n) is 6.58. The molecule has 0 fully saturated rings. The van der Waals surface area contributed by atoms with Crippen LogP contribution in [0.3, 0.4) is 0 Å². The van der Waals surface area contributed by atoms with Gasteiger partial charge in [0.15, 0.2) is 0 Å². The Morgan fingerprint density at radius 1 is 1.07 bits per heavy atom. The molecule has 0 radical (unpaired) electrons. The van der Waals surface area contributed by atoms with Gasteiger partial charge in [0.25, 0.3) is 0 Å². The second-order valence-electron chi connectivity index (χ2n) is 1.93. The van der Waals surface area contributed by atoms with E-state index in [1.165, 1.54) is 0 Å². The van der Waals surface area contributed by atoms with Crippen LogP contribution < -0.4 is 9.47 Å². The molecular weight excluding hydrogens is 196 g/mol. The van der Waals surface area contributed by atoms with E-state index in [9.17, 15) is 9.59 Å². The summed E-state index contributed by atoms with van der Waals surface area (Å²) in [6.07, 6.45) is -2.22. The first kappa shape index (κ1) is 9.71. The summed E-state index contributed by atoms with van der Waals surface area (Å²) in [5, 5.41) is 16.4. The number of carbonyl (C=O) groups is 2. The van der Waals surface area contributed by atoms with Crippen LogP contribution in [0.5, 0.6) is 11.8 Å². The highest BCUT2D eigenvalue weighted by Gasteiger charge is 2.07. The molecule has 0 bridgehead atoms. The molecule has 1 aromatic heterocycles. The van der Waals surface area contributed by atoms with Crippen molar-refractivity contribution >= 4 is 12.3 Å². The van der Waals surface area contributed by atoms with Crippen LogP contribution in [-0.4, -0.2) is 32.5 Å². The molecule has 0 aliphatic carbocycles. The van der Waals surface area contributed by atoms with Crippen LogP contribution in [0.4, 0.5) is 9.59 Å². The van der Waals surface area contributed by atoms with Crippen LogP contribution in [0.1, 0.15) is 0 Å². The molecule has 0 unspecified atom stereocenters. The van der Waals surface area contributed by atoms with Crippen molar-refractivity contribution in [3.8, 4) is 11.8 Å². The molecule has 74 valence electrons. The van der Waals surface area contributed by atoms with Crippen molar-refractivity contribution < 1.29 is 29.3 Å². The van der Waals surface area contributed by atoms with Gasteiger partial charge >= 0.3 is 12.3 Å². The lowest BCUT2D eigenvalue weighted by Crippen LogP contribution is -2.07. The molecule has 0 saturated heterocycles. The van der Waals surface area contributed by atoms with E-state index in [4.69, 9.17) is 10.2 Å². The van der Waals surface area contributed by atoms with Crippen molar-refractivity contribution in [1.29, 1.82) is 0 Å². The Balaban J connectivity index is 2.78. The zero-order chi connectivity index (χ0) is 10.6. The molecule has 0 aromatic carbocycles. The lowest BCUT2D eigenvalue weighted by atomic mass is 10.6. The van der Waals surface area contributed by atoms with E-state index in [-0.39, 0.29) is 11.8 Å².